The monoisotopic (exact) mass is 309 g/mol. The number of piperidine rings is 1. The number of rotatable bonds is 1. The van der Waals surface area contributed by atoms with E-state index in [-0.39, 0.29) is 0 Å². The molecule has 0 radical (unpaired) electrons. The molecule has 1 aliphatic rings. The summed E-state index contributed by atoms with van der Waals surface area (Å²) in [6.45, 7) is 12.0. The first-order valence-corrected chi connectivity index (χ1v) is 6.96. The summed E-state index contributed by atoms with van der Waals surface area (Å²) in [5, 5.41) is 0. The second-order valence-electron chi connectivity index (χ2n) is 6.52. The molecule has 84 valence electrons. The van der Waals surface area contributed by atoms with Crippen LogP contribution in [0.2, 0.25) is 0 Å². The van der Waals surface area contributed by atoms with Gasteiger partial charge in [-0.3, -0.25) is 4.90 Å². The van der Waals surface area contributed by atoms with Crippen molar-refractivity contribution in [3.63, 3.8) is 0 Å². The maximum Gasteiger partial charge on any atom is 0.0278 e. The van der Waals surface area contributed by atoms with E-state index >= 15 is 0 Å². The molecule has 1 rings (SSSR count). The van der Waals surface area contributed by atoms with E-state index in [9.17, 15) is 0 Å². The number of hydrogen-bond donors (Lipinski definition) is 0. The van der Waals surface area contributed by atoms with Crippen molar-refractivity contribution in [1.29, 1.82) is 0 Å². The Morgan fingerprint density at radius 3 is 2.00 bits per heavy atom. The van der Waals surface area contributed by atoms with Crippen molar-refractivity contribution in [3.05, 3.63) is 0 Å². The van der Waals surface area contributed by atoms with Gasteiger partial charge in [-0.1, -0.05) is 36.4 Å². The first-order valence-electron chi connectivity index (χ1n) is 5.43. The Kier molecular flexibility index (Phi) is 3.30. The van der Waals surface area contributed by atoms with Gasteiger partial charge in [0.15, 0.2) is 0 Å². The van der Waals surface area contributed by atoms with Gasteiger partial charge >= 0.3 is 0 Å². The van der Waals surface area contributed by atoms with Gasteiger partial charge in [0.2, 0.25) is 0 Å². The van der Waals surface area contributed by atoms with Crippen LogP contribution in [0.15, 0.2) is 0 Å². The standard InChI is InChI=1S/C12H24IN/c1-10(2)7-11(3,4)14(6)12(5,8-10)9-13/h7-9H2,1-6H3. The predicted octanol–water partition coefficient (Wildman–Crippen LogP) is 3.71. The number of alkyl halides is 1. The highest BCUT2D eigenvalue weighted by Crippen LogP contribution is 2.47. The highest BCUT2D eigenvalue weighted by atomic mass is 127. The highest BCUT2D eigenvalue weighted by Gasteiger charge is 2.47. The lowest BCUT2D eigenvalue weighted by Crippen LogP contribution is -2.62. The summed E-state index contributed by atoms with van der Waals surface area (Å²) in [5.41, 5.74) is 1.18. The van der Waals surface area contributed by atoms with Gasteiger partial charge in [0, 0.05) is 15.5 Å². The summed E-state index contributed by atoms with van der Waals surface area (Å²) in [6, 6.07) is 0. The van der Waals surface area contributed by atoms with E-state index in [2.05, 4.69) is 69.2 Å². The van der Waals surface area contributed by atoms with Crippen LogP contribution in [-0.2, 0) is 0 Å². The van der Waals surface area contributed by atoms with Crippen LogP contribution in [0, 0.1) is 5.41 Å². The summed E-state index contributed by atoms with van der Waals surface area (Å²) in [4.78, 5) is 2.58. The first kappa shape index (κ1) is 12.8. The molecule has 2 heteroatoms. The van der Waals surface area contributed by atoms with Gasteiger partial charge in [0.05, 0.1) is 0 Å². The molecule has 0 saturated carbocycles. The zero-order chi connectivity index (χ0) is 11.2. The molecular weight excluding hydrogens is 285 g/mol. The molecule has 0 amide bonds. The summed E-state index contributed by atoms with van der Waals surface area (Å²) in [6.07, 6.45) is 2.60. The summed E-state index contributed by atoms with van der Waals surface area (Å²) >= 11 is 2.53. The molecule has 1 saturated heterocycles. The molecule has 0 spiro atoms. The third-order valence-corrected chi connectivity index (χ3v) is 5.42. The van der Waals surface area contributed by atoms with E-state index in [0.29, 0.717) is 16.5 Å². The number of hydrogen-bond acceptors (Lipinski definition) is 1. The maximum atomic E-state index is 2.58. The third kappa shape index (κ3) is 2.26. The Morgan fingerprint density at radius 2 is 1.57 bits per heavy atom. The topological polar surface area (TPSA) is 3.24 Å². The minimum Gasteiger partial charge on any atom is -0.295 e. The van der Waals surface area contributed by atoms with Gasteiger partial charge in [-0.05, 0) is 46.1 Å². The number of halogens is 1. The third-order valence-electron chi connectivity index (χ3n) is 3.78. The van der Waals surface area contributed by atoms with Crippen molar-refractivity contribution in [2.45, 2.75) is 58.5 Å². The van der Waals surface area contributed by atoms with Crippen molar-refractivity contribution in [2.75, 3.05) is 11.5 Å². The van der Waals surface area contributed by atoms with E-state index < -0.39 is 0 Å². The van der Waals surface area contributed by atoms with Crippen LogP contribution >= 0.6 is 22.6 Å². The fraction of sp³-hybridized carbons (Fsp3) is 1.00. The summed E-state index contributed by atoms with van der Waals surface area (Å²) in [7, 11) is 2.29. The Balaban J connectivity index is 3.00. The molecule has 1 aliphatic heterocycles. The quantitative estimate of drug-likeness (QED) is 0.527. The lowest BCUT2D eigenvalue weighted by atomic mass is 9.66. The minimum atomic E-state index is 0.335. The molecule has 1 nitrogen and oxygen atoms in total. The molecule has 1 unspecified atom stereocenters. The minimum absolute atomic E-state index is 0.335. The lowest BCUT2D eigenvalue weighted by Gasteiger charge is -2.57. The van der Waals surface area contributed by atoms with Crippen LogP contribution < -0.4 is 0 Å². The normalized spacial score (nSPS) is 37.1. The Labute approximate surface area is 103 Å². The van der Waals surface area contributed by atoms with Gasteiger partial charge in [0.1, 0.15) is 0 Å². The fourth-order valence-electron chi connectivity index (χ4n) is 3.37. The predicted molar refractivity (Wildman–Crippen MR) is 72.1 cm³/mol. The van der Waals surface area contributed by atoms with Crippen LogP contribution in [-0.4, -0.2) is 27.5 Å². The lowest BCUT2D eigenvalue weighted by molar-refractivity contribution is -0.0548. The summed E-state index contributed by atoms with van der Waals surface area (Å²) in [5.74, 6) is 0. The molecule has 14 heavy (non-hydrogen) atoms. The molecule has 0 bridgehead atoms. The van der Waals surface area contributed by atoms with E-state index in [0.717, 1.165) is 0 Å². The van der Waals surface area contributed by atoms with Crippen LogP contribution in [0.1, 0.15) is 47.5 Å². The van der Waals surface area contributed by atoms with E-state index in [1.807, 2.05) is 0 Å². The van der Waals surface area contributed by atoms with E-state index in [4.69, 9.17) is 0 Å². The average Bonchev–Trinajstić information content (AvgIpc) is 1.98. The van der Waals surface area contributed by atoms with Crippen molar-refractivity contribution < 1.29 is 0 Å². The number of nitrogens with zero attached hydrogens (tertiary/aromatic N) is 1. The average molecular weight is 309 g/mol. The molecule has 0 aromatic heterocycles. The largest absolute Gasteiger partial charge is 0.295 e. The molecule has 1 heterocycles. The van der Waals surface area contributed by atoms with E-state index in [1.54, 1.807) is 0 Å². The van der Waals surface area contributed by atoms with Gasteiger partial charge in [-0.25, -0.2) is 0 Å². The zero-order valence-electron chi connectivity index (χ0n) is 10.4. The van der Waals surface area contributed by atoms with Crippen LogP contribution in [0.3, 0.4) is 0 Å². The maximum absolute atomic E-state index is 2.58. The highest BCUT2D eigenvalue weighted by molar-refractivity contribution is 14.1. The van der Waals surface area contributed by atoms with Crippen LogP contribution in [0.4, 0.5) is 0 Å². The SMILES string of the molecule is CN1C(C)(C)CC(C)(C)CC1(C)CI. The van der Waals surface area contributed by atoms with Gasteiger partial charge in [-0.2, -0.15) is 0 Å². The van der Waals surface area contributed by atoms with E-state index in [1.165, 1.54) is 17.3 Å². The van der Waals surface area contributed by atoms with Crippen LogP contribution in [0.5, 0.6) is 0 Å². The Morgan fingerprint density at radius 1 is 1.07 bits per heavy atom. The first-order chi connectivity index (χ1) is 6.13. The second-order valence-corrected chi connectivity index (χ2v) is 7.28. The van der Waals surface area contributed by atoms with Crippen molar-refractivity contribution in [3.8, 4) is 0 Å². The van der Waals surface area contributed by atoms with Crippen molar-refractivity contribution in [1.82, 2.24) is 4.90 Å². The van der Waals surface area contributed by atoms with Crippen molar-refractivity contribution >= 4 is 22.6 Å². The molecular formula is C12H24IN. The van der Waals surface area contributed by atoms with Gasteiger partial charge in [0.25, 0.3) is 0 Å². The summed E-state index contributed by atoms with van der Waals surface area (Å²) < 4.78 is 1.22. The second kappa shape index (κ2) is 3.62. The Bertz CT molecular complexity index is 222. The molecule has 1 fully saturated rings. The molecule has 0 aromatic carbocycles. The van der Waals surface area contributed by atoms with Gasteiger partial charge in [-0.15, -0.1) is 0 Å². The van der Waals surface area contributed by atoms with Crippen molar-refractivity contribution in [2.24, 2.45) is 5.41 Å². The molecule has 1 atom stereocenters. The van der Waals surface area contributed by atoms with Crippen LogP contribution in [0.25, 0.3) is 0 Å². The number of likely N-dealkylation sites (tertiary alicyclic amines) is 1. The zero-order valence-corrected chi connectivity index (χ0v) is 12.6. The molecule has 0 aromatic rings. The van der Waals surface area contributed by atoms with Gasteiger partial charge < -0.3 is 0 Å². The Hall–Kier alpha value is 0.690. The fourth-order valence-corrected chi connectivity index (χ4v) is 4.15. The smallest absolute Gasteiger partial charge is 0.0278 e. The molecule has 0 N–H and O–H groups in total. The molecule has 0 aliphatic carbocycles.